The molecule has 0 aromatic carbocycles. The number of hydrogen-bond acceptors (Lipinski definition) is 2. The molecule has 1 aliphatic rings. The average molecular weight is 150 g/mol. The van der Waals surface area contributed by atoms with Gasteiger partial charge >= 0.3 is 0 Å². The molecule has 0 fully saturated rings. The summed E-state index contributed by atoms with van der Waals surface area (Å²) in [6, 6.07) is 0. The molecular weight excluding hydrogens is 140 g/mol. The van der Waals surface area contributed by atoms with Crippen molar-refractivity contribution in [2.75, 3.05) is 7.05 Å². The summed E-state index contributed by atoms with van der Waals surface area (Å²) >= 11 is 0. The van der Waals surface area contributed by atoms with Crippen molar-refractivity contribution in [3.05, 3.63) is 36.2 Å². The van der Waals surface area contributed by atoms with Crippen LogP contribution >= 0.6 is 0 Å². The molecule has 1 heterocycles. The summed E-state index contributed by atoms with van der Waals surface area (Å²) in [7, 11) is 1.60. The Balaban J connectivity index is 2.72. The number of likely N-dealkylation sites (N-methyl/N-ethyl adjacent to an activating group) is 1. The van der Waals surface area contributed by atoms with Gasteiger partial charge in [-0.1, -0.05) is 12.2 Å². The van der Waals surface area contributed by atoms with E-state index in [4.69, 9.17) is 0 Å². The molecule has 0 saturated heterocycles. The lowest BCUT2D eigenvalue weighted by molar-refractivity contribution is -0.117. The van der Waals surface area contributed by atoms with Crippen LogP contribution in [0.5, 0.6) is 0 Å². The Hall–Kier alpha value is -1.51. The van der Waals surface area contributed by atoms with Crippen LogP contribution in [0.15, 0.2) is 36.2 Å². The third-order valence-electron chi connectivity index (χ3n) is 1.29. The van der Waals surface area contributed by atoms with Crippen LogP contribution in [-0.4, -0.2) is 13.0 Å². The smallest absolute Gasteiger partial charge is 0.267 e. The minimum absolute atomic E-state index is 0.110. The summed E-state index contributed by atoms with van der Waals surface area (Å²) in [5.41, 5.74) is 0.553. The lowest BCUT2D eigenvalue weighted by atomic mass is 10.3. The summed E-state index contributed by atoms with van der Waals surface area (Å²) in [5, 5.41) is 5.36. The first kappa shape index (κ1) is 7.60. The molecule has 1 amide bonds. The minimum atomic E-state index is -0.110. The summed E-state index contributed by atoms with van der Waals surface area (Å²) in [6.45, 7) is 0. The number of carbonyl (C=O) groups is 1. The van der Waals surface area contributed by atoms with Gasteiger partial charge in [0.05, 0.1) is 0 Å². The maximum Gasteiger partial charge on any atom is 0.267 e. The molecule has 3 heteroatoms. The fourth-order valence-electron chi connectivity index (χ4n) is 0.733. The third-order valence-corrected chi connectivity index (χ3v) is 1.29. The highest BCUT2D eigenvalue weighted by Gasteiger charge is 2.03. The van der Waals surface area contributed by atoms with Crippen LogP contribution in [0.2, 0.25) is 0 Å². The van der Waals surface area contributed by atoms with E-state index in [0.717, 1.165) is 0 Å². The lowest BCUT2D eigenvalue weighted by Crippen LogP contribution is -2.26. The predicted molar refractivity (Wildman–Crippen MR) is 43.6 cm³/mol. The standard InChI is InChI=1S/C8H10N2O/c1-9-8(11)7-5-3-2-4-6-10-7/h2-6,10H,1H3,(H,9,11). The molecule has 0 saturated carbocycles. The van der Waals surface area contributed by atoms with E-state index in [1.807, 2.05) is 12.2 Å². The van der Waals surface area contributed by atoms with Gasteiger partial charge in [-0.25, -0.2) is 0 Å². The van der Waals surface area contributed by atoms with Gasteiger partial charge < -0.3 is 10.6 Å². The molecule has 0 atom stereocenters. The Bertz CT molecular complexity index is 238. The number of rotatable bonds is 1. The fraction of sp³-hybridized carbons (Fsp3) is 0.125. The molecule has 0 bridgehead atoms. The van der Waals surface area contributed by atoms with E-state index in [9.17, 15) is 4.79 Å². The second kappa shape index (κ2) is 3.61. The van der Waals surface area contributed by atoms with Crippen LogP contribution in [0.25, 0.3) is 0 Å². The van der Waals surface area contributed by atoms with Gasteiger partial charge in [-0.05, 0) is 12.2 Å². The van der Waals surface area contributed by atoms with Crippen molar-refractivity contribution < 1.29 is 4.79 Å². The molecule has 1 rings (SSSR count). The van der Waals surface area contributed by atoms with Gasteiger partial charge in [-0.15, -0.1) is 0 Å². The van der Waals surface area contributed by atoms with Crippen molar-refractivity contribution in [3.63, 3.8) is 0 Å². The molecule has 3 nitrogen and oxygen atoms in total. The quantitative estimate of drug-likeness (QED) is 0.564. The molecule has 2 N–H and O–H groups in total. The maximum atomic E-state index is 11.0. The van der Waals surface area contributed by atoms with Crippen LogP contribution in [0.3, 0.4) is 0 Å². The van der Waals surface area contributed by atoms with Crippen LogP contribution in [0.4, 0.5) is 0 Å². The molecular formula is C8H10N2O. The fourth-order valence-corrected chi connectivity index (χ4v) is 0.733. The Kier molecular flexibility index (Phi) is 2.49. The Morgan fingerprint density at radius 3 is 3.00 bits per heavy atom. The van der Waals surface area contributed by atoms with Crippen molar-refractivity contribution in [1.29, 1.82) is 0 Å². The molecule has 58 valence electrons. The highest BCUT2D eigenvalue weighted by atomic mass is 16.1. The number of carbonyl (C=O) groups excluding carboxylic acids is 1. The highest BCUT2D eigenvalue weighted by Crippen LogP contribution is 1.94. The van der Waals surface area contributed by atoms with Crippen molar-refractivity contribution in [2.24, 2.45) is 0 Å². The van der Waals surface area contributed by atoms with Crippen molar-refractivity contribution in [3.8, 4) is 0 Å². The zero-order valence-corrected chi connectivity index (χ0v) is 6.29. The van der Waals surface area contributed by atoms with Crippen LogP contribution in [-0.2, 0) is 4.79 Å². The second-order valence-electron chi connectivity index (χ2n) is 2.05. The molecule has 0 aromatic heterocycles. The first-order valence-electron chi connectivity index (χ1n) is 3.36. The number of allylic oxidation sites excluding steroid dienone is 4. The number of amides is 1. The van der Waals surface area contributed by atoms with Crippen molar-refractivity contribution >= 4 is 5.91 Å². The van der Waals surface area contributed by atoms with Crippen molar-refractivity contribution in [1.82, 2.24) is 10.6 Å². The minimum Gasteiger partial charge on any atom is -0.357 e. The average Bonchev–Trinajstić information content (AvgIpc) is 2.30. The van der Waals surface area contributed by atoms with Gasteiger partial charge in [-0.2, -0.15) is 0 Å². The lowest BCUT2D eigenvalue weighted by Gasteiger charge is -2.02. The van der Waals surface area contributed by atoms with Crippen LogP contribution < -0.4 is 10.6 Å². The predicted octanol–water partition coefficient (Wildman–Crippen LogP) is 0.289. The van der Waals surface area contributed by atoms with E-state index in [1.54, 1.807) is 25.4 Å². The second-order valence-corrected chi connectivity index (χ2v) is 2.05. The van der Waals surface area contributed by atoms with Crippen LogP contribution in [0, 0.1) is 0 Å². The topological polar surface area (TPSA) is 41.1 Å². The largest absolute Gasteiger partial charge is 0.357 e. The Morgan fingerprint density at radius 2 is 2.27 bits per heavy atom. The van der Waals surface area contributed by atoms with E-state index in [2.05, 4.69) is 10.6 Å². The number of nitrogens with one attached hydrogen (secondary N) is 2. The van der Waals surface area contributed by atoms with Gasteiger partial charge in [-0.3, -0.25) is 4.79 Å². The van der Waals surface area contributed by atoms with Gasteiger partial charge in [0.25, 0.3) is 5.91 Å². The van der Waals surface area contributed by atoms with E-state index < -0.39 is 0 Å². The van der Waals surface area contributed by atoms with E-state index in [1.165, 1.54) is 0 Å². The Labute approximate surface area is 65.5 Å². The molecule has 0 aromatic rings. The molecule has 1 aliphatic heterocycles. The van der Waals surface area contributed by atoms with E-state index in [0.29, 0.717) is 5.70 Å². The molecule has 11 heavy (non-hydrogen) atoms. The zero-order chi connectivity index (χ0) is 8.10. The SMILES string of the molecule is CNC(=O)C1=CC=CC=CN1. The third kappa shape index (κ3) is 1.97. The molecule has 0 unspecified atom stereocenters. The molecule has 0 radical (unpaired) electrons. The van der Waals surface area contributed by atoms with Gasteiger partial charge in [0.1, 0.15) is 5.70 Å². The maximum absolute atomic E-state index is 11.0. The first-order chi connectivity index (χ1) is 5.34. The zero-order valence-electron chi connectivity index (χ0n) is 6.29. The highest BCUT2D eigenvalue weighted by molar-refractivity contribution is 5.93. The summed E-state index contributed by atoms with van der Waals surface area (Å²) in [4.78, 5) is 11.0. The van der Waals surface area contributed by atoms with Crippen molar-refractivity contribution in [2.45, 2.75) is 0 Å². The Morgan fingerprint density at radius 1 is 1.45 bits per heavy atom. The van der Waals surface area contributed by atoms with Crippen LogP contribution in [0.1, 0.15) is 0 Å². The monoisotopic (exact) mass is 150 g/mol. The van der Waals surface area contributed by atoms with Gasteiger partial charge in [0.15, 0.2) is 0 Å². The van der Waals surface area contributed by atoms with Gasteiger partial charge in [0.2, 0.25) is 0 Å². The molecule has 0 aliphatic carbocycles. The van der Waals surface area contributed by atoms with E-state index >= 15 is 0 Å². The summed E-state index contributed by atoms with van der Waals surface area (Å²) in [6.07, 6.45) is 8.92. The summed E-state index contributed by atoms with van der Waals surface area (Å²) in [5.74, 6) is -0.110. The van der Waals surface area contributed by atoms with E-state index in [-0.39, 0.29) is 5.91 Å². The summed E-state index contributed by atoms with van der Waals surface area (Å²) < 4.78 is 0. The number of hydrogen-bond donors (Lipinski definition) is 2. The molecule has 0 spiro atoms. The normalized spacial score (nSPS) is 14.8. The van der Waals surface area contributed by atoms with Gasteiger partial charge in [0, 0.05) is 13.2 Å². The first-order valence-corrected chi connectivity index (χ1v) is 3.36.